The van der Waals surface area contributed by atoms with Crippen molar-refractivity contribution in [2.45, 2.75) is 20.4 Å². The zero-order valence-electron chi connectivity index (χ0n) is 10.4. The second-order valence-corrected chi connectivity index (χ2v) is 5.61. The van der Waals surface area contributed by atoms with Crippen LogP contribution in [0, 0.1) is 13.8 Å². The lowest BCUT2D eigenvalue weighted by Gasteiger charge is -2.10. The van der Waals surface area contributed by atoms with Gasteiger partial charge in [0.25, 0.3) is 0 Å². The van der Waals surface area contributed by atoms with Crippen molar-refractivity contribution in [3.05, 3.63) is 62.6 Å². The summed E-state index contributed by atoms with van der Waals surface area (Å²) >= 11 is 9.79. The number of hydrogen-bond donors (Lipinski definition) is 1. The predicted octanol–water partition coefficient (Wildman–Crippen LogP) is 5.33. The minimum Gasteiger partial charge on any atom is -0.380 e. The van der Waals surface area contributed by atoms with Crippen LogP contribution in [-0.2, 0) is 6.54 Å². The Morgan fingerprint density at radius 3 is 2.61 bits per heavy atom. The average molecular weight is 325 g/mol. The van der Waals surface area contributed by atoms with Gasteiger partial charge in [-0.05, 0) is 42.7 Å². The van der Waals surface area contributed by atoms with Gasteiger partial charge in [0.15, 0.2) is 0 Å². The van der Waals surface area contributed by atoms with Crippen LogP contribution in [0.3, 0.4) is 0 Å². The van der Waals surface area contributed by atoms with E-state index in [1.165, 1.54) is 11.1 Å². The second-order valence-electron chi connectivity index (χ2n) is 4.37. The Labute approximate surface area is 121 Å². The molecule has 2 rings (SSSR count). The van der Waals surface area contributed by atoms with Crippen molar-refractivity contribution >= 4 is 33.2 Å². The van der Waals surface area contributed by atoms with E-state index >= 15 is 0 Å². The van der Waals surface area contributed by atoms with Gasteiger partial charge in [-0.3, -0.25) is 0 Å². The van der Waals surface area contributed by atoms with Crippen LogP contribution in [-0.4, -0.2) is 0 Å². The summed E-state index contributed by atoms with van der Waals surface area (Å²) in [6.07, 6.45) is 0. The average Bonchev–Trinajstić information content (AvgIpc) is 2.35. The van der Waals surface area contributed by atoms with Crippen LogP contribution in [0.15, 0.2) is 40.9 Å². The predicted molar refractivity (Wildman–Crippen MR) is 82.4 cm³/mol. The van der Waals surface area contributed by atoms with Gasteiger partial charge in [0.1, 0.15) is 0 Å². The summed E-state index contributed by atoms with van der Waals surface area (Å²) in [5, 5.41) is 4.16. The topological polar surface area (TPSA) is 12.0 Å². The van der Waals surface area contributed by atoms with Crippen LogP contribution in [0.25, 0.3) is 0 Å². The molecule has 0 spiro atoms. The van der Waals surface area contributed by atoms with Crippen LogP contribution < -0.4 is 5.32 Å². The first-order chi connectivity index (χ1) is 8.58. The van der Waals surface area contributed by atoms with E-state index < -0.39 is 0 Å². The number of halogens is 2. The number of benzene rings is 2. The highest BCUT2D eigenvalue weighted by Crippen LogP contribution is 2.26. The number of anilines is 1. The van der Waals surface area contributed by atoms with E-state index in [4.69, 9.17) is 11.6 Å². The third kappa shape index (κ3) is 3.06. The molecule has 0 fully saturated rings. The van der Waals surface area contributed by atoms with Gasteiger partial charge < -0.3 is 5.32 Å². The molecule has 0 aliphatic heterocycles. The van der Waals surface area contributed by atoms with Crippen LogP contribution in [0.1, 0.15) is 16.7 Å². The summed E-state index contributed by atoms with van der Waals surface area (Å²) in [4.78, 5) is 0. The molecule has 2 aromatic carbocycles. The SMILES string of the molecule is Cc1ccc(CNc2cccc(C)c2Cl)cc1Br. The van der Waals surface area contributed by atoms with E-state index in [-0.39, 0.29) is 0 Å². The molecule has 0 aliphatic rings. The molecule has 0 amide bonds. The van der Waals surface area contributed by atoms with Crippen molar-refractivity contribution < 1.29 is 0 Å². The van der Waals surface area contributed by atoms with Gasteiger partial charge in [-0.2, -0.15) is 0 Å². The molecule has 94 valence electrons. The van der Waals surface area contributed by atoms with Crippen LogP contribution in [0.2, 0.25) is 5.02 Å². The van der Waals surface area contributed by atoms with Gasteiger partial charge in [0.05, 0.1) is 10.7 Å². The van der Waals surface area contributed by atoms with E-state index in [1.54, 1.807) is 0 Å². The zero-order chi connectivity index (χ0) is 13.1. The van der Waals surface area contributed by atoms with Crippen LogP contribution in [0.4, 0.5) is 5.69 Å². The third-order valence-electron chi connectivity index (χ3n) is 2.91. The molecule has 0 aliphatic carbocycles. The first-order valence-electron chi connectivity index (χ1n) is 5.82. The fourth-order valence-electron chi connectivity index (χ4n) is 1.73. The molecule has 0 aromatic heterocycles. The molecule has 0 radical (unpaired) electrons. The Hall–Kier alpha value is -0.990. The van der Waals surface area contributed by atoms with E-state index in [1.807, 2.05) is 25.1 Å². The van der Waals surface area contributed by atoms with Crippen LogP contribution >= 0.6 is 27.5 Å². The lowest BCUT2D eigenvalue weighted by atomic mass is 10.1. The summed E-state index contributed by atoms with van der Waals surface area (Å²) in [5.41, 5.74) is 4.54. The van der Waals surface area contributed by atoms with Gasteiger partial charge in [-0.1, -0.05) is 51.8 Å². The van der Waals surface area contributed by atoms with Gasteiger partial charge in [0.2, 0.25) is 0 Å². The van der Waals surface area contributed by atoms with Crippen LogP contribution in [0.5, 0.6) is 0 Å². The third-order valence-corrected chi connectivity index (χ3v) is 4.27. The Morgan fingerprint density at radius 1 is 1.11 bits per heavy atom. The Morgan fingerprint density at radius 2 is 1.89 bits per heavy atom. The highest BCUT2D eigenvalue weighted by atomic mass is 79.9. The number of aryl methyl sites for hydroxylation is 2. The van der Waals surface area contributed by atoms with E-state index in [0.717, 1.165) is 27.3 Å². The molecule has 1 N–H and O–H groups in total. The number of hydrogen-bond acceptors (Lipinski definition) is 1. The molecule has 2 aromatic rings. The molecule has 1 nitrogen and oxygen atoms in total. The van der Waals surface area contributed by atoms with Gasteiger partial charge >= 0.3 is 0 Å². The summed E-state index contributed by atoms with van der Waals surface area (Å²) in [6.45, 7) is 4.86. The quantitative estimate of drug-likeness (QED) is 0.804. The molecular weight excluding hydrogens is 310 g/mol. The molecule has 0 atom stereocenters. The normalized spacial score (nSPS) is 10.4. The van der Waals surface area contributed by atoms with Crippen molar-refractivity contribution in [2.24, 2.45) is 0 Å². The van der Waals surface area contributed by atoms with E-state index in [2.05, 4.69) is 46.4 Å². The largest absolute Gasteiger partial charge is 0.380 e. The fraction of sp³-hybridized carbons (Fsp3) is 0.200. The minimum absolute atomic E-state index is 0.766. The van der Waals surface area contributed by atoms with Crippen molar-refractivity contribution in [1.82, 2.24) is 0 Å². The highest BCUT2D eigenvalue weighted by Gasteiger charge is 2.03. The monoisotopic (exact) mass is 323 g/mol. The summed E-state index contributed by atoms with van der Waals surface area (Å²) in [7, 11) is 0. The maximum Gasteiger partial charge on any atom is 0.0666 e. The first-order valence-corrected chi connectivity index (χ1v) is 6.99. The van der Waals surface area contributed by atoms with Gasteiger partial charge in [0, 0.05) is 11.0 Å². The van der Waals surface area contributed by atoms with Crippen molar-refractivity contribution in [3.63, 3.8) is 0 Å². The van der Waals surface area contributed by atoms with E-state index in [0.29, 0.717) is 0 Å². The Kier molecular flexibility index (Phi) is 4.31. The zero-order valence-corrected chi connectivity index (χ0v) is 12.8. The summed E-state index contributed by atoms with van der Waals surface area (Å²) in [5.74, 6) is 0. The molecule has 0 bridgehead atoms. The Bertz CT molecular complexity index is 566. The van der Waals surface area contributed by atoms with Crippen molar-refractivity contribution in [1.29, 1.82) is 0 Å². The number of rotatable bonds is 3. The molecule has 3 heteroatoms. The van der Waals surface area contributed by atoms with Crippen molar-refractivity contribution in [3.8, 4) is 0 Å². The lowest BCUT2D eigenvalue weighted by Crippen LogP contribution is -2.00. The Balaban J connectivity index is 2.11. The summed E-state index contributed by atoms with van der Waals surface area (Å²) < 4.78 is 1.14. The fourth-order valence-corrected chi connectivity index (χ4v) is 2.35. The maximum atomic E-state index is 6.24. The van der Waals surface area contributed by atoms with Gasteiger partial charge in [-0.25, -0.2) is 0 Å². The van der Waals surface area contributed by atoms with Crippen molar-refractivity contribution in [2.75, 3.05) is 5.32 Å². The van der Waals surface area contributed by atoms with E-state index in [9.17, 15) is 0 Å². The molecule has 0 unspecified atom stereocenters. The molecular formula is C15H15BrClN. The molecule has 0 heterocycles. The lowest BCUT2D eigenvalue weighted by molar-refractivity contribution is 1.14. The smallest absolute Gasteiger partial charge is 0.0666 e. The van der Waals surface area contributed by atoms with Gasteiger partial charge in [-0.15, -0.1) is 0 Å². The molecule has 18 heavy (non-hydrogen) atoms. The molecule has 0 saturated carbocycles. The first kappa shape index (κ1) is 13.4. The minimum atomic E-state index is 0.766. The number of nitrogens with one attached hydrogen (secondary N) is 1. The highest BCUT2D eigenvalue weighted by molar-refractivity contribution is 9.10. The maximum absolute atomic E-state index is 6.24. The summed E-state index contributed by atoms with van der Waals surface area (Å²) in [6, 6.07) is 12.4. The second kappa shape index (κ2) is 5.77. The molecule has 0 saturated heterocycles. The standard InChI is InChI=1S/C15H15BrClN/c1-10-6-7-12(8-13(10)16)9-18-14-5-3-4-11(2)15(14)17/h3-8,18H,9H2,1-2H3.